The van der Waals surface area contributed by atoms with Crippen molar-refractivity contribution >= 4 is 17.7 Å². The number of aliphatic hydroxyl groups is 5. The topological polar surface area (TPSA) is 199 Å². The minimum absolute atomic E-state index is 0.00990. The number of ether oxygens (including phenoxy) is 4. The minimum Gasteiger partial charge on any atom is -0.504 e. The maximum Gasteiger partial charge on any atom is 0.247 e. The maximum absolute atomic E-state index is 12.9. The van der Waals surface area contributed by atoms with Crippen LogP contribution in [0.2, 0.25) is 0 Å². The van der Waals surface area contributed by atoms with Crippen LogP contribution in [0, 0.1) is 0 Å². The number of amides is 1. The number of rotatable bonds is 9. The molecule has 0 bridgehead atoms. The van der Waals surface area contributed by atoms with Crippen molar-refractivity contribution in [2.45, 2.75) is 75.0 Å². The van der Waals surface area contributed by atoms with Crippen molar-refractivity contribution in [2.24, 2.45) is 0 Å². The summed E-state index contributed by atoms with van der Waals surface area (Å²) in [6.45, 7) is 3.61. The van der Waals surface area contributed by atoms with E-state index >= 15 is 0 Å². The fraction of sp³-hybridized carbons (Fsp3) is 0.452. The zero-order chi connectivity index (χ0) is 31.5. The molecule has 8 N–H and O–H groups in total. The Hall–Kier alpha value is -3.53. The lowest BCUT2D eigenvalue weighted by Crippen LogP contribution is -2.67. The van der Waals surface area contributed by atoms with Crippen molar-refractivity contribution in [3.8, 4) is 11.5 Å². The molecule has 5 rings (SSSR count). The van der Waals surface area contributed by atoms with Crippen LogP contribution < -0.4 is 15.4 Å². The van der Waals surface area contributed by atoms with Gasteiger partial charge >= 0.3 is 0 Å². The number of aromatic hydroxyl groups is 1. The van der Waals surface area contributed by atoms with Gasteiger partial charge in [0.15, 0.2) is 11.5 Å². The maximum atomic E-state index is 12.9. The summed E-state index contributed by atoms with van der Waals surface area (Å²) in [4.78, 5) is 12.9. The van der Waals surface area contributed by atoms with Crippen LogP contribution in [-0.4, -0.2) is 111 Å². The Morgan fingerprint density at radius 1 is 0.932 bits per heavy atom. The van der Waals surface area contributed by atoms with Gasteiger partial charge in [0, 0.05) is 17.8 Å². The van der Waals surface area contributed by atoms with E-state index in [1.165, 1.54) is 25.1 Å². The number of para-hydroxylation sites is 1. The summed E-state index contributed by atoms with van der Waals surface area (Å²) in [5.41, 5.74) is 2.23. The summed E-state index contributed by atoms with van der Waals surface area (Å²) in [5, 5.41) is 68.9. The fourth-order valence-corrected chi connectivity index (χ4v) is 5.51. The van der Waals surface area contributed by atoms with E-state index in [0.29, 0.717) is 17.7 Å². The second-order valence-corrected chi connectivity index (χ2v) is 11.1. The van der Waals surface area contributed by atoms with Gasteiger partial charge < -0.3 is 60.2 Å². The number of phenolic OH excluding ortho intramolecular Hbond substituents is 1. The second kappa shape index (κ2) is 13.6. The monoisotopic (exact) mass is 614 g/mol. The summed E-state index contributed by atoms with van der Waals surface area (Å²) in [7, 11) is 0. The predicted octanol–water partition coefficient (Wildman–Crippen LogP) is 0.00200. The first-order valence-corrected chi connectivity index (χ1v) is 14.3. The molecule has 1 saturated carbocycles. The number of phenols is 1. The van der Waals surface area contributed by atoms with Crippen molar-refractivity contribution < 1.29 is 54.4 Å². The molecule has 1 aliphatic carbocycles. The number of hydrogen-bond acceptors (Lipinski definition) is 12. The molecule has 0 aromatic heterocycles. The van der Waals surface area contributed by atoms with Crippen molar-refractivity contribution in [3.63, 3.8) is 0 Å². The second-order valence-electron chi connectivity index (χ2n) is 11.1. The fourth-order valence-electron chi connectivity index (χ4n) is 5.51. The third kappa shape index (κ3) is 6.75. The number of carbonyl (C=O) groups excluding carboxylic acids is 1. The van der Waals surface area contributed by atoms with Gasteiger partial charge in [0.1, 0.15) is 55.6 Å². The van der Waals surface area contributed by atoms with Crippen molar-refractivity contribution in [3.05, 3.63) is 71.3 Å². The Kier molecular flexibility index (Phi) is 9.87. The number of nitrogens with one attached hydrogen (secondary N) is 2. The minimum atomic E-state index is -1.48. The molecule has 2 aromatic rings. The molecule has 1 amide bonds. The van der Waals surface area contributed by atoms with Crippen molar-refractivity contribution in [1.82, 2.24) is 5.32 Å². The average Bonchev–Trinajstić information content (AvgIpc) is 3.61. The van der Waals surface area contributed by atoms with E-state index in [9.17, 15) is 35.4 Å². The number of benzene rings is 2. The highest BCUT2D eigenvalue weighted by Crippen LogP contribution is 2.34. The van der Waals surface area contributed by atoms with E-state index < -0.39 is 67.1 Å². The first-order valence-electron chi connectivity index (χ1n) is 14.3. The van der Waals surface area contributed by atoms with Crippen LogP contribution in [0.3, 0.4) is 0 Å². The van der Waals surface area contributed by atoms with Gasteiger partial charge in [-0.2, -0.15) is 0 Å². The number of anilines is 1. The van der Waals surface area contributed by atoms with Gasteiger partial charge in [-0.25, -0.2) is 0 Å². The molecule has 3 fully saturated rings. The third-order valence-corrected chi connectivity index (χ3v) is 8.04. The number of aliphatic hydroxyl groups excluding tert-OH is 5. The lowest BCUT2D eigenvalue weighted by molar-refractivity contribution is -0.155. The first-order chi connectivity index (χ1) is 21.0. The summed E-state index contributed by atoms with van der Waals surface area (Å²) in [6, 6.07) is 12.7. The van der Waals surface area contributed by atoms with Gasteiger partial charge in [0.2, 0.25) is 12.2 Å². The van der Waals surface area contributed by atoms with Gasteiger partial charge in [0.25, 0.3) is 0 Å². The Labute approximate surface area is 254 Å². The van der Waals surface area contributed by atoms with Crippen LogP contribution >= 0.6 is 0 Å². The third-order valence-electron chi connectivity index (χ3n) is 8.04. The first kappa shape index (κ1) is 31.9. The highest BCUT2D eigenvalue weighted by Gasteiger charge is 2.53. The normalized spacial score (nSPS) is 34.0. The Balaban J connectivity index is 1.18. The molecule has 2 aliphatic heterocycles. The molecule has 0 unspecified atom stereocenters. The molecular weight excluding hydrogens is 576 g/mol. The molecule has 0 radical (unpaired) electrons. The molecule has 2 aromatic carbocycles. The number of hydrogen-bond donors (Lipinski definition) is 8. The van der Waals surface area contributed by atoms with Gasteiger partial charge in [-0.3, -0.25) is 4.79 Å². The summed E-state index contributed by atoms with van der Waals surface area (Å²) >= 11 is 0. The standard InChI is InChI=1S/C31H38N2O11/c1-15(10-11-32-18-6-4-3-5-7-18)27-25(38)26(39)31(44-27)43-20-9-8-17(13-19(20)34)12-16(2)30(40)33-21-22(35)24(37)29-28(23(21)36)41-14-42-29/h3-10,12-13,21-29,31-32,34-39H,11,14H2,1-2H3,(H,33,40)/b15-10+,16-12+/t21-,22+,23-,24-,25+,26+,27-,28+,29-,31-/m1/s1. The summed E-state index contributed by atoms with van der Waals surface area (Å²) in [5.74, 6) is -0.933. The highest BCUT2D eigenvalue weighted by molar-refractivity contribution is 5.97. The van der Waals surface area contributed by atoms with Gasteiger partial charge in [-0.05, 0) is 55.3 Å². The van der Waals surface area contributed by atoms with Crippen LogP contribution in [0.15, 0.2) is 65.8 Å². The zero-order valence-corrected chi connectivity index (χ0v) is 24.2. The molecule has 44 heavy (non-hydrogen) atoms. The van der Waals surface area contributed by atoms with Gasteiger partial charge in [-0.15, -0.1) is 0 Å². The lowest BCUT2D eigenvalue weighted by Gasteiger charge is -2.41. The molecular formula is C31H38N2O11. The SMILES string of the molecule is C/C(=C\c1ccc(O[C@@H]2O[C@H](/C(C)=C/CNc3ccccc3)[C@@H](O)[C@@H]2O)c(O)c1)C(=O)N[C@@H]1[C@H](O)[C@@H](O)[C@H]2OCO[C@H]2[C@@H]1O. The molecule has 10 atom stereocenters. The molecule has 238 valence electrons. The van der Waals surface area contributed by atoms with Crippen LogP contribution in [0.5, 0.6) is 11.5 Å². The van der Waals surface area contributed by atoms with Crippen LogP contribution in [0.4, 0.5) is 5.69 Å². The molecule has 2 saturated heterocycles. The highest BCUT2D eigenvalue weighted by atomic mass is 16.7. The number of fused-ring (bicyclic) bond motifs is 1. The Bertz CT molecular complexity index is 1370. The van der Waals surface area contributed by atoms with E-state index in [1.807, 2.05) is 36.4 Å². The van der Waals surface area contributed by atoms with E-state index in [4.69, 9.17) is 18.9 Å². The van der Waals surface area contributed by atoms with Crippen molar-refractivity contribution in [2.75, 3.05) is 18.7 Å². The van der Waals surface area contributed by atoms with E-state index in [1.54, 1.807) is 13.0 Å². The lowest BCUT2D eigenvalue weighted by atomic mass is 9.83. The van der Waals surface area contributed by atoms with Crippen LogP contribution in [0.25, 0.3) is 6.08 Å². The number of carbonyl (C=O) groups is 1. The van der Waals surface area contributed by atoms with E-state index in [2.05, 4.69) is 10.6 Å². The predicted molar refractivity (Wildman–Crippen MR) is 156 cm³/mol. The quantitative estimate of drug-likeness (QED) is 0.139. The van der Waals surface area contributed by atoms with E-state index in [0.717, 1.165) is 5.69 Å². The van der Waals surface area contributed by atoms with E-state index in [-0.39, 0.29) is 23.9 Å². The molecule has 13 heteroatoms. The largest absolute Gasteiger partial charge is 0.504 e. The molecule has 0 spiro atoms. The smallest absolute Gasteiger partial charge is 0.247 e. The molecule has 3 aliphatic rings. The molecule has 13 nitrogen and oxygen atoms in total. The average molecular weight is 615 g/mol. The van der Waals surface area contributed by atoms with Gasteiger partial charge in [0.05, 0.1) is 6.04 Å². The summed E-state index contributed by atoms with van der Waals surface area (Å²) < 4.78 is 22.0. The summed E-state index contributed by atoms with van der Waals surface area (Å²) in [6.07, 6.45) is -7.35. The van der Waals surface area contributed by atoms with Crippen molar-refractivity contribution in [1.29, 1.82) is 0 Å². The molecule has 2 heterocycles. The van der Waals surface area contributed by atoms with Crippen LogP contribution in [-0.2, 0) is 19.0 Å². The van der Waals surface area contributed by atoms with Gasteiger partial charge in [-0.1, -0.05) is 30.3 Å². The Morgan fingerprint density at radius 3 is 2.34 bits per heavy atom. The zero-order valence-electron chi connectivity index (χ0n) is 24.2. The van der Waals surface area contributed by atoms with Crippen LogP contribution in [0.1, 0.15) is 19.4 Å². The Morgan fingerprint density at radius 2 is 1.64 bits per heavy atom.